The van der Waals surface area contributed by atoms with Crippen LogP contribution in [0.1, 0.15) is 0 Å². The van der Waals surface area contributed by atoms with E-state index < -0.39 is 4.82 Å². The summed E-state index contributed by atoms with van der Waals surface area (Å²) in [7, 11) is 0. The number of hydrogen-bond acceptors (Lipinski definition) is 2. The van der Waals surface area contributed by atoms with Crippen molar-refractivity contribution in [3.8, 4) is 6.07 Å². The topological polar surface area (TPSA) is 40.9 Å². The molecule has 2 nitrogen and oxygen atoms in total. The fourth-order valence-corrected chi connectivity index (χ4v) is 0.0264. The van der Waals surface area contributed by atoms with Gasteiger partial charge in [0.05, 0.1) is 0 Å². The van der Waals surface area contributed by atoms with Gasteiger partial charge in [-0.05, 0) is 0 Å². The van der Waals surface area contributed by atoms with E-state index in [1.165, 1.54) is 6.29 Å². The van der Waals surface area contributed by atoms with Gasteiger partial charge < -0.3 is 0 Å². The molecule has 0 fully saturated rings. The quantitative estimate of drug-likeness (QED) is 0.460. The van der Waals surface area contributed by atoms with Crippen LogP contribution in [0.5, 0.6) is 0 Å². The monoisotopic (exact) mass is 148 g/mol. The van der Waals surface area contributed by atoms with E-state index in [-0.39, 0.29) is 0 Å². The van der Waals surface area contributed by atoms with Crippen LogP contribution in [0.2, 0.25) is 4.82 Å². The van der Waals surface area contributed by atoms with Gasteiger partial charge in [-0.2, -0.15) is 0 Å². The molecule has 3 heteroatoms. The first-order chi connectivity index (χ1) is 2.81. The molecule has 0 aliphatic heterocycles. The van der Waals surface area contributed by atoms with E-state index in [0.717, 1.165) is 0 Å². The summed E-state index contributed by atoms with van der Waals surface area (Å²) in [6.45, 7) is 0. The molecular formula is C3H2NOSe. The Morgan fingerprint density at radius 1 is 1.83 bits per heavy atom. The standard InChI is InChI=1S/C3H2NOSe/c4-1-3(6)2-5/h3,6H. The summed E-state index contributed by atoms with van der Waals surface area (Å²) in [5.41, 5.74) is 0. The van der Waals surface area contributed by atoms with E-state index in [2.05, 4.69) is 0 Å². The molecule has 31 valence electrons. The van der Waals surface area contributed by atoms with Crippen molar-refractivity contribution in [2.45, 2.75) is 4.82 Å². The molecule has 1 radical (unpaired) electrons. The van der Waals surface area contributed by atoms with Gasteiger partial charge in [0.25, 0.3) is 0 Å². The Balaban J connectivity index is 3.30. The zero-order chi connectivity index (χ0) is 4.99. The van der Waals surface area contributed by atoms with Crippen LogP contribution in [0.4, 0.5) is 0 Å². The molecule has 0 aromatic carbocycles. The van der Waals surface area contributed by atoms with Crippen molar-refractivity contribution in [1.29, 1.82) is 5.26 Å². The molecule has 0 aromatic heterocycles. The van der Waals surface area contributed by atoms with Gasteiger partial charge in [-0.1, -0.05) is 0 Å². The second-order valence-electron chi connectivity index (χ2n) is 0.649. The average molecular weight is 147 g/mol. The molecule has 1 atom stereocenters. The Labute approximate surface area is 44.0 Å². The molecule has 0 rings (SSSR count). The van der Waals surface area contributed by atoms with Crippen LogP contribution >= 0.6 is 0 Å². The minimum absolute atomic E-state index is 0.627. The summed E-state index contributed by atoms with van der Waals surface area (Å²) >= 11 is 1.89. The van der Waals surface area contributed by atoms with Gasteiger partial charge in [0.15, 0.2) is 0 Å². The molecule has 0 spiro atoms. The van der Waals surface area contributed by atoms with Crippen molar-refractivity contribution in [3.05, 3.63) is 0 Å². The summed E-state index contributed by atoms with van der Waals surface area (Å²) in [6.07, 6.45) is 1.48. The maximum absolute atomic E-state index is 9.37. The van der Waals surface area contributed by atoms with Crippen LogP contribution in [0.3, 0.4) is 0 Å². The molecular weight excluding hydrogens is 145 g/mol. The Hall–Kier alpha value is -0.321. The van der Waals surface area contributed by atoms with Gasteiger partial charge in [0.2, 0.25) is 0 Å². The molecule has 0 aliphatic rings. The van der Waals surface area contributed by atoms with Crippen molar-refractivity contribution < 1.29 is 4.79 Å². The van der Waals surface area contributed by atoms with Crippen molar-refractivity contribution >= 4 is 22.3 Å². The third kappa shape index (κ3) is 1.95. The molecule has 0 aromatic rings. The van der Waals surface area contributed by atoms with Gasteiger partial charge in [0.1, 0.15) is 0 Å². The minimum atomic E-state index is -0.627. The fourth-order valence-electron chi connectivity index (χ4n) is 0.0264. The van der Waals surface area contributed by atoms with Gasteiger partial charge in [-0.15, -0.1) is 0 Å². The number of nitrogens with zero attached hydrogens (tertiary/aromatic N) is 1. The number of nitriles is 1. The summed E-state index contributed by atoms with van der Waals surface area (Å²) in [6, 6.07) is 1.66. The van der Waals surface area contributed by atoms with Crippen LogP contribution in [0.25, 0.3) is 0 Å². The summed E-state index contributed by atoms with van der Waals surface area (Å²) in [4.78, 5) is 8.75. The van der Waals surface area contributed by atoms with E-state index in [9.17, 15) is 4.79 Å². The van der Waals surface area contributed by atoms with Crippen LogP contribution in [0.15, 0.2) is 0 Å². The number of hydrogen-bond donors (Lipinski definition) is 0. The van der Waals surface area contributed by atoms with E-state index in [1.54, 1.807) is 6.07 Å². The van der Waals surface area contributed by atoms with Crippen LogP contribution in [-0.4, -0.2) is 22.3 Å². The fraction of sp³-hybridized carbons (Fsp3) is 0.333. The maximum atomic E-state index is 9.37. The number of rotatable bonds is 1. The van der Waals surface area contributed by atoms with Crippen LogP contribution < -0.4 is 0 Å². The molecule has 0 amide bonds. The van der Waals surface area contributed by atoms with Gasteiger partial charge >= 0.3 is 43.2 Å². The van der Waals surface area contributed by atoms with Crippen molar-refractivity contribution in [1.82, 2.24) is 0 Å². The molecule has 6 heavy (non-hydrogen) atoms. The van der Waals surface area contributed by atoms with Gasteiger partial charge in [0, 0.05) is 0 Å². The normalized spacial score (nSPS) is 12.0. The van der Waals surface area contributed by atoms with E-state index in [1.807, 2.05) is 16.0 Å². The van der Waals surface area contributed by atoms with E-state index >= 15 is 0 Å². The Bertz CT molecular complexity index is 85.3. The van der Waals surface area contributed by atoms with Gasteiger partial charge in [-0.3, -0.25) is 0 Å². The van der Waals surface area contributed by atoms with Crippen LogP contribution in [0, 0.1) is 11.3 Å². The SMILES string of the molecule is N#CC([SeH])[C]=O. The summed E-state index contributed by atoms with van der Waals surface area (Å²) in [5.74, 6) is 0. The zero-order valence-electron chi connectivity index (χ0n) is 2.88. The summed E-state index contributed by atoms with van der Waals surface area (Å²) < 4.78 is 0. The zero-order valence-corrected chi connectivity index (χ0v) is 4.76. The Morgan fingerprint density at radius 3 is 2.33 bits per heavy atom. The first-order valence-electron chi connectivity index (χ1n) is 1.26. The molecule has 0 N–H and O–H groups in total. The molecule has 0 saturated carbocycles. The second-order valence-corrected chi connectivity index (χ2v) is 1.73. The van der Waals surface area contributed by atoms with E-state index in [0.29, 0.717) is 0 Å². The van der Waals surface area contributed by atoms with Crippen molar-refractivity contribution in [2.24, 2.45) is 0 Å². The summed E-state index contributed by atoms with van der Waals surface area (Å²) in [5, 5.41) is 7.81. The van der Waals surface area contributed by atoms with Crippen molar-refractivity contribution in [2.75, 3.05) is 0 Å². The predicted molar refractivity (Wildman–Crippen MR) is 22.2 cm³/mol. The van der Waals surface area contributed by atoms with Crippen molar-refractivity contribution in [3.63, 3.8) is 0 Å². The third-order valence-corrected chi connectivity index (χ3v) is 0.697. The average Bonchev–Trinajstić information content (AvgIpc) is 1.65. The third-order valence-electron chi connectivity index (χ3n) is 0.234. The Morgan fingerprint density at radius 2 is 2.33 bits per heavy atom. The number of carbonyl (C=O) groups excluding carboxylic acids is 1. The molecule has 0 bridgehead atoms. The predicted octanol–water partition coefficient (Wildman–Crippen LogP) is -0.691. The molecule has 0 aliphatic carbocycles. The molecule has 0 saturated heterocycles. The molecule has 1 unspecified atom stereocenters. The first-order valence-corrected chi connectivity index (χ1v) is 2.35. The van der Waals surface area contributed by atoms with Gasteiger partial charge in [-0.25, -0.2) is 0 Å². The first kappa shape index (κ1) is 5.68. The molecule has 0 heterocycles. The van der Waals surface area contributed by atoms with Crippen LogP contribution in [-0.2, 0) is 4.79 Å². The Kier molecular flexibility index (Phi) is 2.74. The van der Waals surface area contributed by atoms with E-state index in [4.69, 9.17) is 5.26 Å². The second kappa shape index (κ2) is 2.89.